The molecule has 1 unspecified atom stereocenters. The molecule has 16 heteroatoms. The molecule has 0 saturated carbocycles. The molecule has 2 aromatic rings. The molecule has 13 nitrogen and oxygen atoms in total. The molecule has 1 aromatic carbocycles. The molecule has 188 valence electrons. The molecule has 2 aliphatic heterocycles. The lowest BCUT2D eigenvalue weighted by molar-refractivity contribution is -0.135. The van der Waals surface area contributed by atoms with Crippen LogP contribution in [0.5, 0.6) is 0 Å². The van der Waals surface area contributed by atoms with Gasteiger partial charge in [0, 0.05) is 19.6 Å². The fourth-order valence-electron chi connectivity index (χ4n) is 3.71. The fraction of sp³-hybridized carbons (Fsp3) is 0.474. The zero-order valence-corrected chi connectivity index (χ0v) is 18.3. The number of carbonyl (C=O) groups excluding carboxylic acids is 3. The second-order valence-electron chi connectivity index (χ2n) is 7.75. The van der Waals surface area contributed by atoms with Crippen LogP contribution in [0.3, 0.4) is 0 Å². The number of carbonyl (C=O) groups is 3. The number of nitrogens with zero attached hydrogens (tertiary/aromatic N) is 7. The Balaban J connectivity index is 1.35. The van der Waals surface area contributed by atoms with Crippen LogP contribution in [0.4, 0.5) is 29.3 Å². The number of hydrogen-bond donors (Lipinski definition) is 2. The monoisotopic (exact) mass is 497 g/mol. The summed E-state index contributed by atoms with van der Waals surface area (Å²) in [4.78, 5) is 38.6. The average Bonchev–Trinajstić information content (AvgIpc) is 3.39. The Morgan fingerprint density at radius 2 is 2.09 bits per heavy atom. The second kappa shape index (κ2) is 10.5. The molecule has 35 heavy (non-hydrogen) atoms. The zero-order valence-electron chi connectivity index (χ0n) is 18.3. The number of nitrogens with one attached hydrogen (secondary N) is 2. The van der Waals surface area contributed by atoms with E-state index in [0.717, 1.165) is 4.90 Å². The lowest BCUT2D eigenvalue weighted by Gasteiger charge is -2.24. The smallest absolute Gasteiger partial charge is 0.414 e. The minimum atomic E-state index is -3.17. The highest BCUT2D eigenvalue weighted by molar-refractivity contribution is 5.90. The molecule has 4 rings (SSSR count). The van der Waals surface area contributed by atoms with Gasteiger partial charge in [0.05, 0.1) is 31.0 Å². The third-order valence-electron chi connectivity index (χ3n) is 5.43. The number of cyclic esters (lactones) is 1. The molecule has 1 aromatic heterocycles. The second-order valence-corrected chi connectivity index (χ2v) is 7.75. The van der Waals surface area contributed by atoms with E-state index in [4.69, 9.17) is 4.74 Å². The van der Waals surface area contributed by atoms with Gasteiger partial charge in [-0.05, 0) is 28.6 Å². The van der Waals surface area contributed by atoms with Gasteiger partial charge in [-0.2, -0.15) is 8.78 Å². The minimum Gasteiger partial charge on any atom is -0.442 e. The first-order valence-corrected chi connectivity index (χ1v) is 10.6. The highest BCUT2D eigenvalue weighted by Crippen LogP contribution is 2.28. The number of benzene rings is 1. The predicted molar refractivity (Wildman–Crippen MR) is 113 cm³/mol. The number of alkyl halides is 2. The fourth-order valence-corrected chi connectivity index (χ4v) is 3.71. The Morgan fingerprint density at radius 3 is 2.80 bits per heavy atom. The molecule has 0 aliphatic carbocycles. The predicted octanol–water partition coefficient (Wildman–Crippen LogP) is -0.628. The van der Waals surface area contributed by atoms with E-state index in [2.05, 4.69) is 21.0 Å². The number of halogens is 3. The van der Waals surface area contributed by atoms with Crippen molar-refractivity contribution in [2.24, 2.45) is 0 Å². The Bertz CT molecular complexity index is 1070. The van der Waals surface area contributed by atoms with Crippen molar-refractivity contribution in [3.05, 3.63) is 30.3 Å². The number of hydrogen-bond acceptors (Lipinski definition) is 9. The Hall–Kier alpha value is -3.95. The maximum Gasteiger partial charge on any atom is 0.414 e. The van der Waals surface area contributed by atoms with Crippen LogP contribution in [0.1, 0.15) is 0 Å². The molecule has 0 bridgehead atoms. The Kier molecular flexibility index (Phi) is 7.28. The number of hydrazine groups is 1. The normalized spacial score (nSPS) is 18.6. The Labute approximate surface area is 196 Å². The van der Waals surface area contributed by atoms with E-state index in [1.165, 1.54) is 28.2 Å². The average molecular weight is 497 g/mol. The number of aromatic nitrogens is 4. The van der Waals surface area contributed by atoms with Crippen LogP contribution in [0.2, 0.25) is 0 Å². The Morgan fingerprint density at radius 1 is 1.26 bits per heavy atom. The maximum absolute atomic E-state index is 15.0. The standard InChI is InChI=1S/C19H22F3N9O4/c20-14-7-12(30-9-13(35-19(30)34)8-23-18(33)17(21)22)1-2-15(14)28-4-3-25-31(6-5-28)16(32)10-29-11-24-26-27-29/h1-2,7,11,13,17,25H,3-6,8-10H2,(H,23,33). The third-order valence-corrected chi connectivity index (χ3v) is 5.43. The number of rotatable bonds is 7. The van der Waals surface area contributed by atoms with Crippen molar-refractivity contribution in [3.63, 3.8) is 0 Å². The topological polar surface area (TPSA) is 138 Å². The summed E-state index contributed by atoms with van der Waals surface area (Å²) < 4.78 is 46.0. The number of amides is 3. The summed E-state index contributed by atoms with van der Waals surface area (Å²) in [6, 6.07) is 4.23. The molecular formula is C19H22F3N9O4. The van der Waals surface area contributed by atoms with Crippen LogP contribution in [-0.2, 0) is 20.9 Å². The molecular weight excluding hydrogens is 475 g/mol. The summed E-state index contributed by atoms with van der Waals surface area (Å²) in [6.45, 7) is 1.08. The van der Waals surface area contributed by atoms with Crippen molar-refractivity contribution >= 4 is 29.3 Å². The van der Waals surface area contributed by atoms with Crippen molar-refractivity contribution in [1.29, 1.82) is 0 Å². The van der Waals surface area contributed by atoms with Crippen LogP contribution < -0.4 is 20.5 Å². The number of anilines is 2. The quantitative estimate of drug-likeness (QED) is 0.512. The van der Waals surface area contributed by atoms with E-state index in [9.17, 15) is 23.2 Å². The summed E-state index contributed by atoms with van der Waals surface area (Å²) in [5.41, 5.74) is 3.52. The van der Waals surface area contributed by atoms with Gasteiger partial charge >= 0.3 is 12.5 Å². The first-order valence-electron chi connectivity index (χ1n) is 10.6. The minimum absolute atomic E-state index is 0.0346. The summed E-state index contributed by atoms with van der Waals surface area (Å²) in [6.07, 6.45) is -3.46. The lowest BCUT2D eigenvalue weighted by atomic mass is 10.2. The van der Waals surface area contributed by atoms with Crippen LogP contribution in [0, 0.1) is 5.82 Å². The van der Waals surface area contributed by atoms with Crippen molar-refractivity contribution in [2.75, 3.05) is 49.1 Å². The van der Waals surface area contributed by atoms with Gasteiger partial charge in [-0.1, -0.05) is 0 Å². The van der Waals surface area contributed by atoms with E-state index in [1.807, 2.05) is 5.32 Å². The highest BCUT2D eigenvalue weighted by Gasteiger charge is 2.33. The number of tetrazole rings is 1. The summed E-state index contributed by atoms with van der Waals surface area (Å²) in [5, 5.41) is 14.0. The van der Waals surface area contributed by atoms with E-state index in [1.54, 1.807) is 11.0 Å². The van der Waals surface area contributed by atoms with Gasteiger partial charge in [-0.15, -0.1) is 5.10 Å². The molecule has 0 radical (unpaired) electrons. The van der Waals surface area contributed by atoms with Gasteiger partial charge < -0.3 is 15.0 Å². The van der Waals surface area contributed by atoms with Gasteiger partial charge in [-0.3, -0.25) is 19.5 Å². The molecule has 2 saturated heterocycles. The first-order chi connectivity index (χ1) is 16.8. The largest absolute Gasteiger partial charge is 0.442 e. The van der Waals surface area contributed by atoms with Crippen LogP contribution in [-0.4, -0.2) is 94.9 Å². The summed E-state index contributed by atoms with van der Waals surface area (Å²) in [5.74, 6) is -2.29. The van der Waals surface area contributed by atoms with Crippen molar-refractivity contribution in [1.82, 2.24) is 36.0 Å². The molecule has 0 spiro atoms. The zero-order chi connectivity index (χ0) is 24.9. The SMILES string of the molecule is O=C(NCC1CN(c2ccc(N3CCNN(C(=O)Cn4cnnn4)CC3)c(F)c2)C(=O)O1)C(F)F. The van der Waals surface area contributed by atoms with Crippen molar-refractivity contribution < 1.29 is 32.3 Å². The first kappa shape index (κ1) is 24.2. The third kappa shape index (κ3) is 5.76. The van der Waals surface area contributed by atoms with Gasteiger partial charge in [0.1, 0.15) is 24.8 Å². The lowest BCUT2D eigenvalue weighted by Crippen LogP contribution is -2.45. The molecule has 3 heterocycles. The van der Waals surface area contributed by atoms with Crippen molar-refractivity contribution in [3.8, 4) is 0 Å². The maximum atomic E-state index is 15.0. The van der Waals surface area contributed by atoms with Gasteiger partial charge in [-0.25, -0.2) is 19.3 Å². The van der Waals surface area contributed by atoms with E-state index in [0.29, 0.717) is 25.3 Å². The molecule has 2 aliphatic rings. The van der Waals surface area contributed by atoms with Crippen molar-refractivity contribution in [2.45, 2.75) is 19.1 Å². The molecule has 2 fully saturated rings. The summed E-state index contributed by atoms with van der Waals surface area (Å²) in [7, 11) is 0. The van der Waals surface area contributed by atoms with Gasteiger partial charge in [0.25, 0.3) is 11.8 Å². The highest BCUT2D eigenvalue weighted by atomic mass is 19.3. The molecule has 2 N–H and O–H groups in total. The van der Waals surface area contributed by atoms with Crippen LogP contribution in [0.15, 0.2) is 24.5 Å². The summed E-state index contributed by atoms with van der Waals surface area (Å²) >= 11 is 0. The van der Waals surface area contributed by atoms with Crippen LogP contribution >= 0.6 is 0 Å². The molecule has 3 amide bonds. The van der Waals surface area contributed by atoms with Gasteiger partial charge in [0.15, 0.2) is 0 Å². The molecule has 1 atom stereocenters. The van der Waals surface area contributed by atoms with Crippen LogP contribution in [0.25, 0.3) is 0 Å². The van der Waals surface area contributed by atoms with E-state index >= 15 is 4.39 Å². The van der Waals surface area contributed by atoms with E-state index in [-0.39, 0.29) is 37.8 Å². The van der Waals surface area contributed by atoms with Gasteiger partial charge in [0.2, 0.25) is 0 Å². The van der Waals surface area contributed by atoms with E-state index < -0.39 is 30.3 Å². The number of ether oxygens (including phenoxy) is 1.